The number of ether oxygens (including phenoxy) is 1. The maximum Gasteiger partial charge on any atom is 0.122 e. The molecule has 0 bridgehead atoms. The van der Waals surface area contributed by atoms with E-state index in [0.29, 0.717) is 0 Å². The van der Waals surface area contributed by atoms with Gasteiger partial charge in [0.1, 0.15) is 12.4 Å². The highest BCUT2D eigenvalue weighted by Gasteiger charge is 2.02. The van der Waals surface area contributed by atoms with Crippen LogP contribution >= 0.6 is 0 Å². The molecular formula is C12H14O2. The molecule has 2 nitrogen and oxygen atoms in total. The van der Waals surface area contributed by atoms with E-state index in [2.05, 4.69) is 11.8 Å². The van der Waals surface area contributed by atoms with Crippen LogP contribution in [0.5, 0.6) is 5.75 Å². The summed E-state index contributed by atoms with van der Waals surface area (Å²) in [6, 6.07) is 3.92. The molecule has 2 heteroatoms. The molecule has 0 unspecified atom stereocenters. The molecule has 14 heavy (non-hydrogen) atoms. The first-order valence-electron chi connectivity index (χ1n) is 4.44. The molecule has 0 saturated carbocycles. The second-order valence-corrected chi connectivity index (χ2v) is 3.10. The summed E-state index contributed by atoms with van der Waals surface area (Å²) in [5.74, 6) is 6.41. The zero-order chi connectivity index (χ0) is 10.6. The zero-order valence-corrected chi connectivity index (χ0v) is 8.72. The fourth-order valence-electron chi connectivity index (χ4n) is 1.28. The number of hydrogen-bond donors (Lipinski definition) is 1. The molecule has 0 fully saturated rings. The van der Waals surface area contributed by atoms with Crippen molar-refractivity contribution >= 4 is 0 Å². The highest BCUT2D eigenvalue weighted by atomic mass is 16.5. The lowest BCUT2D eigenvalue weighted by molar-refractivity contribution is 0.350. The van der Waals surface area contributed by atoms with Crippen molar-refractivity contribution in [3.05, 3.63) is 28.8 Å². The van der Waals surface area contributed by atoms with Crippen LogP contribution < -0.4 is 4.74 Å². The maximum atomic E-state index is 8.59. The van der Waals surface area contributed by atoms with E-state index in [1.807, 2.05) is 26.0 Å². The van der Waals surface area contributed by atoms with Crippen LogP contribution in [-0.4, -0.2) is 18.8 Å². The van der Waals surface area contributed by atoms with Gasteiger partial charge < -0.3 is 9.84 Å². The van der Waals surface area contributed by atoms with Crippen LogP contribution in [0.25, 0.3) is 0 Å². The van der Waals surface area contributed by atoms with E-state index in [0.717, 1.165) is 22.4 Å². The first-order chi connectivity index (χ1) is 6.69. The molecule has 1 aromatic carbocycles. The topological polar surface area (TPSA) is 29.5 Å². The van der Waals surface area contributed by atoms with E-state index in [-0.39, 0.29) is 6.61 Å². The summed E-state index contributed by atoms with van der Waals surface area (Å²) in [6.45, 7) is 3.84. The number of aliphatic hydroxyl groups excluding tert-OH is 1. The Morgan fingerprint density at radius 3 is 2.57 bits per heavy atom. The molecule has 0 saturated heterocycles. The minimum atomic E-state index is -0.107. The Bertz CT molecular complexity index is 383. The molecule has 0 radical (unpaired) electrons. The Balaban J connectivity index is 3.15. The van der Waals surface area contributed by atoms with E-state index in [1.54, 1.807) is 7.11 Å². The second kappa shape index (κ2) is 4.69. The summed E-state index contributed by atoms with van der Waals surface area (Å²) in [5, 5.41) is 8.59. The van der Waals surface area contributed by atoms with Gasteiger partial charge in [0, 0.05) is 5.56 Å². The highest BCUT2D eigenvalue weighted by molar-refractivity contribution is 5.48. The van der Waals surface area contributed by atoms with Gasteiger partial charge in [-0.05, 0) is 37.1 Å². The Labute approximate surface area is 84.5 Å². The molecule has 0 aliphatic carbocycles. The predicted octanol–water partition coefficient (Wildman–Crippen LogP) is 1.66. The van der Waals surface area contributed by atoms with Crippen LogP contribution in [0.4, 0.5) is 0 Å². The van der Waals surface area contributed by atoms with Gasteiger partial charge in [0.25, 0.3) is 0 Å². The van der Waals surface area contributed by atoms with Crippen LogP contribution in [0.1, 0.15) is 16.7 Å². The second-order valence-electron chi connectivity index (χ2n) is 3.10. The molecule has 0 aromatic heterocycles. The van der Waals surface area contributed by atoms with Crippen LogP contribution in [0.2, 0.25) is 0 Å². The van der Waals surface area contributed by atoms with E-state index >= 15 is 0 Å². The number of rotatable bonds is 1. The fraction of sp³-hybridized carbons (Fsp3) is 0.333. The Morgan fingerprint density at radius 2 is 2.00 bits per heavy atom. The standard InChI is InChI=1S/C12H14O2/c1-9-8-12(14-3)10(2)7-11(9)5-4-6-13/h7-8,13H,6H2,1-3H3. The third kappa shape index (κ3) is 2.27. The van der Waals surface area contributed by atoms with Crippen molar-refractivity contribution in [2.75, 3.05) is 13.7 Å². The maximum absolute atomic E-state index is 8.59. The first-order valence-corrected chi connectivity index (χ1v) is 4.44. The van der Waals surface area contributed by atoms with Crippen molar-refractivity contribution in [2.24, 2.45) is 0 Å². The van der Waals surface area contributed by atoms with Gasteiger partial charge in [-0.2, -0.15) is 0 Å². The minimum Gasteiger partial charge on any atom is -0.496 e. The summed E-state index contributed by atoms with van der Waals surface area (Å²) in [5.41, 5.74) is 3.06. The lowest BCUT2D eigenvalue weighted by Crippen LogP contribution is -1.91. The number of aliphatic hydroxyl groups is 1. The monoisotopic (exact) mass is 190 g/mol. The molecule has 0 amide bonds. The van der Waals surface area contributed by atoms with E-state index in [1.165, 1.54) is 0 Å². The van der Waals surface area contributed by atoms with Crippen molar-refractivity contribution in [1.82, 2.24) is 0 Å². The highest BCUT2D eigenvalue weighted by Crippen LogP contribution is 2.21. The van der Waals surface area contributed by atoms with Gasteiger partial charge in [-0.25, -0.2) is 0 Å². The average molecular weight is 190 g/mol. The molecular weight excluding hydrogens is 176 g/mol. The molecule has 1 aromatic rings. The van der Waals surface area contributed by atoms with E-state index in [4.69, 9.17) is 9.84 Å². The summed E-state index contributed by atoms with van der Waals surface area (Å²) < 4.78 is 5.19. The molecule has 0 aliphatic heterocycles. The molecule has 0 heterocycles. The lowest BCUT2D eigenvalue weighted by atomic mass is 10.1. The molecule has 0 spiro atoms. The Hall–Kier alpha value is -1.46. The Morgan fingerprint density at radius 1 is 1.29 bits per heavy atom. The Kier molecular flexibility index (Phi) is 3.55. The van der Waals surface area contributed by atoms with Crippen molar-refractivity contribution in [3.63, 3.8) is 0 Å². The van der Waals surface area contributed by atoms with E-state index < -0.39 is 0 Å². The molecule has 74 valence electrons. The largest absolute Gasteiger partial charge is 0.496 e. The van der Waals surface area contributed by atoms with Crippen molar-refractivity contribution in [3.8, 4) is 17.6 Å². The van der Waals surface area contributed by atoms with Gasteiger partial charge in [0.15, 0.2) is 0 Å². The van der Waals surface area contributed by atoms with Gasteiger partial charge in [-0.3, -0.25) is 0 Å². The van der Waals surface area contributed by atoms with Crippen LogP contribution in [0.3, 0.4) is 0 Å². The summed E-state index contributed by atoms with van der Waals surface area (Å²) >= 11 is 0. The lowest BCUT2D eigenvalue weighted by Gasteiger charge is -2.07. The number of methoxy groups -OCH3 is 1. The van der Waals surface area contributed by atoms with E-state index in [9.17, 15) is 0 Å². The minimum absolute atomic E-state index is 0.107. The normalized spacial score (nSPS) is 9.14. The van der Waals surface area contributed by atoms with Crippen LogP contribution in [0, 0.1) is 25.7 Å². The molecule has 1 rings (SSSR count). The van der Waals surface area contributed by atoms with Gasteiger partial charge in [-0.15, -0.1) is 0 Å². The predicted molar refractivity (Wildman–Crippen MR) is 56.4 cm³/mol. The average Bonchev–Trinajstić information content (AvgIpc) is 2.18. The number of hydrogen-bond acceptors (Lipinski definition) is 2. The first kappa shape index (κ1) is 10.6. The van der Waals surface area contributed by atoms with Crippen molar-refractivity contribution in [1.29, 1.82) is 0 Å². The van der Waals surface area contributed by atoms with Crippen LogP contribution in [0.15, 0.2) is 12.1 Å². The van der Waals surface area contributed by atoms with Gasteiger partial charge in [-0.1, -0.05) is 11.8 Å². The third-order valence-corrected chi connectivity index (χ3v) is 2.04. The molecule has 0 atom stereocenters. The quantitative estimate of drug-likeness (QED) is 0.682. The molecule has 1 N–H and O–H groups in total. The van der Waals surface area contributed by atoms with Gasteiger partial charge in [0.2, 0.25) is 0 Å². The number of aryl methyl sites for hydroxylation is 2. The van der Waals surface area contributed by atoms with Gasteiger partial charge in [0.05, 0.1) is 7.11 Å². The summed E-state index contributed by atoms with van der Waals surface area (Å²) in [7, 11) is 1.65. The zero-order valence-electron chi connectivity index (χ0n) is 8.72. The summed E-state index contributed by atoms with van der Waals surface area (Å²) in [4.78, 5) is 0. The van der Waals surface area contributed by atoms with Crippen molar-refractivity contribution < 1.29 is 9.84 Å². The molecule has 0 aliphatic rings. The SMILES string of the molecule is COc1cc(C)c(C#CCO)cc1C. The van der Waals surface area contributed by atoms with Crippen molar-refractivity contribution in [2.45, 2.75) is 13.8 Å². The number of benzene rings is 1. The van der Waals surface area contributed by atoms with Gasteiger partial charge >= 0.3 is 0 Å². The summed E-state index contributed by atoms with van der Waals surface area (Å²) in [6.07, 6.45) is 0. The fourth-order valence-corrected chi connectivity index (χ4v) is 1.28. The third-order valence-electron chi connectivity index (χ3n) is 2.04. The van der Waals surface area contributed by atoms with Crippen LogP contribution in [-0.2, 0) is 0 Å². The smallest absolute Gasteiger partial charge is 0.122 e.